The van der Waals surface area contributed by atoms with Crippen molar-refractivity contribution in [2.24, 2.45) is 11.7 Å². The normalized spacial score (nSPS) is 13.8. The molecule has 0 rings (SSSR count). The Labute approximate surface area is 82.8 Å². The van der Waals surface area contributed by atoms with Crippen LogP contribution in [-0.2, 0) is 0 Å². The molecular formula is C11H24N2. The van der Waals surface area contributed by atoms with Gasteiger partial charge in [0, 0.05) is 12.6 Å². The first-order chi connectivity index (χ1) is 5.93. The van der Waals surface area contributed by atoms with Crippen LogP contribution in [0.15, 0.2) is 12.2 Å². The molecule has 0 radical (unpaired) electrons. The average molecular weight is 184 g/mol. The molecule has 2 heteroatoms. The lowest BCUT2D eigenvalue weighted by Gasteiger charge is -2.21. The van der Waals surface area contributed by atoms with Crippen LogP contribution in [0.3, 0.4) is 0 Å². The van der Waals surface area contributed by atoms with Gasteiger partial charge in [-0.2, -0.15) is 0 Å². The van der Waals surface area contributed by atoms with Crippen LogP contribution in [0.4, 0.5) is 0 Å². The molecule has 0 aromatic rings. The Morgan fingerprint density at radius 2 is 2.00 bits per heavy atom. The third kappa shape index (κ3) is 6.79. The zero-order chi connectivity index (χ0) is 10.4. The van der Waals surface area contributed by atoms with Gasteiger partial charge in [-0.15, -0.1) is 0 Å². The lowest BCUT2D eigenvalue weighted by atomic mass is 10.0. The van der Waals surface area contributed by atoms with Gasteiger partial charge in [0.05, 0.1) is 0 Å². The summed E-state index contributed by atoms with van der Waals surface area (Å²) in [6.45, 7) is 12.3. The fourth-order valence-corrected chi connectivity index (χ4v) is 1.24. The molecule has 0 saturated carbocycles. The molecule has 0 spiro atoms. The Balaban J connectivity index is 3.57. The molecule has 0 saturated heterocycles. The molecule has 13 heavy (non-hydrogen) atoms. The molecule has 0 fully saturated rings. The van der Waals surface area contributed by atoms with Crippen molar-refractivity contribution in [1.29, 1.82) is 0 Å². The Hall–Kier alpha value is -0.340. The van der Waals surface area contributed by atoms with Crippen LogP contribution in [-0.4, -0.2) is 31.1 Å². The number of nitrogens with two attached hydrogens (primary N) is 1. The van der Waals surface area contributed by atoms with Gasteiger partial charge in [0.15, 0.2) is 0 Å². The van der Waals surface area contributed by atoms with Gasteiger partial charge in [-0.05, 0) is 32.9 Å². The van der Waals surface area contributed by atoms with E-state index in [1.54, 1.807) is 0 Å². The van der Waals surface area contributed by atoms with Gasteiger partial charge in [-0.3, -0.25) is 0 Å². The Bertz CT molecular complexity index is 152. The summed E-state index contributed by atoms with van der Waals surface area (Å²) in [7, 11) is 2.11. The van der Waals surface area contributed by atoms with E-state index in [1.165, 1.54) is 5.57 Å². The maximum atomic E-state index is 5.95. The number of nitrogens with zero attached hydrogens (tertiary/aromatic N) is 1. The summed E-state index contributed by atoms with van der Waals surface area (Å²) >= 11 is 0. The second-order valence-corrected chi connectivity index (χ2v) is 4.39. The van der Waals surface area contributed by atoms with Crippen molar-refractivity contribution < 1.29 is 0 Å². The first kappa shape index (κ1) is 12.7. The van der Waals surface area contributed by atoms with Crippen molar-refractivity contribution in [1.82, 2.24) is 4.90 Å². The Morgan fingerprint density at radius 3 is 2.38 bits per heavy atom. The molecule has 1 atom stereocenters. The fraction of sp³-hybridized carbons (Fsp3) is 0.818. The van der Waals surface area contributed by atoms with Crippen molar-refractivity contribution in [3.05, 3.63) is 12.2 Å². The second-order valence-electron chi connectivity index (χ2n) is 4.39. The first-order valence-corrected chi connectivity index (χ1v) is 5.02. The zero-order valence-corrected chi connectivity index (χ0v) is 9.51. The number of rotatable bonds is 6. The molecule has 0 aromatic heterocycles. The van der Waals surface area contributed by atoms with Crippen LogP contribution in [0.5, 0.6) is 0 Å². The van der Waals surface area contributed by atoms with Crippen LogP contribution in [0.2, 0.25) is 0 Å². The minimum absolute atomic E-state index is 0.326. The number of hydrogen-bond donors (Lipinski definition) is 1. The lowest BCUT2D eigenvalue weighted by Crippen LogP contribution is -2.32. The minimum atomic E-state index is 0.326. The molecule has 0 amide bonds. The standard InChI is InChI=1S/C11H24N2/c1-9(2)8-13(5)7-6-11(12)10(3)4/h10-11H,1,6-8,12H2,2-5H3. The fourth-order valence-electron chi connectivity index (χ4n) is 1.24. The van der Waals surface area contributed by atoms with Gasteiger partial charge in [0.25, 0.3) is 0 Å². The molecular weight excluding hydrogens is 160 g/mol. The van der Waals surface area contributed by atoms with E-state index in [-0.39, 0.29) is 0 Å². The molecule has 0 heterocycles. The highest BCUT2D eigenvalue weighted by Crippen LogP contribution is 2.04. The van der Waals surface area contributed by atoms with Crippen LogP contribution in [0, 0.1) is 5.92 Å². The van der Waals surface area contributed by atoms with E-state index in [9.17, 15) is 0 Å². The van der Waals surface area contributed by atoms with Crippen molar-refractivity contribution in [2.75, 3.05) is 20.1 Å². The maximum absolute atomic E-state index is 5.95. The van der Waals surface area contributed by atoms with Gasteiger partial charge in [-0.1, -0.05) is 26.0 Å². The SMILES string of the molecule is C=C(C)CN(C)CCC(N)C(C)C. The van der Waals surface area contributed by atoms with E-state index in [4.69, 9.17) is 5.73 Å². The summed E-state index contributed by atoms with van der Waals surface area (Å²) in [5.41, 5.74) is 7.16. The molecule has 78 valence electrons. The van der Waals surface area contributed by atoms with Crippen LogP contribution < -0.4 is 5.73 Å². The molecule has 0 aliphatic rings. The zero-order valence-electron chi connectivity index (χ0n) is 9.51. The molecule has 0 aromatic carbocycles. The average Bonchev–Trinajstić information content (AvgIpc) is 1.98. The van der Waals surface area contributed by atoms with E-state index >= 15 is 0 Å². The molecule has 2 nitrogen and oxygen atoms in total. The lowest BCUT2D eigenvalue weighted by molar-refractivity contribution is 0.323. The van der Waals surface area contributed by atoms with E-state index in [1.807, 2.05) is 0 Å². The van der Waals surface area contributed by atoms with E-state index in [0.717, 1.165) is 19.5 Å². The third-order valence-electron chi connectivity index (χ3n) is 2.24. The van der Waals surface area contributed by atoms with Gasteiger partial charge in [-0.25, -0.2) is 0 Å². The quantitative estimate of drug-likeness (QED) is 0.639. The monoisotopic (exact) mass is 184 g/mol. The maximum Gasteiger partial charge on any atom is 0.0184 e. The van der Waals surface area contributed by atoms with Gasteiger partial charge < -0.3 is 10.6 Å². The molecule has 0 aliphatic carbocycles. The first-order valence-electron chi connectivity index (χ1n) is 5.02. The number of hydrogen-bond acceptors (Lipinski definition) is 2. The predicted octanol–water partition coefficient (Wildman–Crippen LogP) is 1.87. The Morgan fingerprint density at radius 1 is 1.46 bits per heavy atom. The Kier molecular flexibility index (Phi) is 6.00. The van der Waals surface area contributed by atoms with Crippen molar-refractivity contribution in [3.63, 3.8) is 0 Å². The highest BCUT2D eigenvalue weighted by atomic mass is 15.1. The van der Waals surface area contributed by atoms with E-state index in [0.29, 0.717) is 12.0 Å². The summed E-state index contributed by atoms with van der Waals surface area (Å²) in [5.74, 6) is 0.582. The van der Waals surface area contributed by atoms with Crippen molar-refractivity contribution in [2.45, 2.75) is 33.2 Å². The largest absolute Gasteiger partial charge is 0.327 e. The highest BCUT2D eigenvalue weighted by Gasteiger charge is 2.08. The van der Waals surface area contributed by atoms with Crippen LogP contribution in [0.1, 0.15) is 27.2 Å². The van der Waals surface area contributed by atoms with Crippen molar-refractivity contribution >= 4 is 0 Å². The second kappa shape index (κ2) is 6.17. The van der Waals surface area contributed by atoms with Crippen molar-refractivity contribution in [3.8, 4) is 0 Å². The summed E-state index contributed by atoms with van der Waals surface area (Å²) in [6, 6.07) is 0.326. The minimum Gasteiger partial charge on any atom is -0.327 e. The van der Waals surface area contributed by atoms with E-state index in [2.05, 4.69) is 39.3 Å². The number of likely N-dealkylation sites (N-methyl/N-ethyl adjacent to an activating group) is 1. The van der Waals surface area contributed by atoms with Gasteiger partial charge in [0.1, 0.15) is 0 Å². The third-order valence-corrected chi connectivity index (χ3v) is 2.24. The van der Waals surface area contributed by atoms with Crippen LogP contribution >= 0.6 is 0 Å². The highest BCUT2D eigenvalue weighted by molar-refractivity contribution is 4.91. The van der Waals surface area contributed by atoms with Gasteiger partial charge >= 0.3 is 0 Å². The van der Waals surface area contributed by atoms with E-state index < -0.39 is 0 Å². The molecule has 2 N–H and O–H groups in total. The van der Waals surface area contributed by atoms with Gasteiger partial charge in [0.2, 0.25) is 0 Å². The molecule has 0 bridgehead atoms. The summed E-state index contributed by atoms with van der Waals surface area (Å²) in [4.78, 5) is 2.27. The molecule has 1 unspecified atom stereocenters. The molecule has 0 aliphatic heterocycles. The summed E-state index contributed by atoms with van der Waals surface area (Å²) in [5, 5.41) is 0. The predicted molar refractivity (Wildman–Crippen MR) is 59.7 cm³/mol. The smallest absolute Gasteiger partial charge is 0.0184 e. The summed E-state index contributed by atoms with van der Waals surface area (Å²) < 4.78 is 0. The topological polar surface area (TPSA) is 29.3 Å². The van der Waals surface area contributed by atoms with Crippen LogP contribution in [0.25, 0.3) is 0 Å². The summed E-state index contributed by atoms with van der Waals surface area (Å²) in [6.07, 6.45) is 1.07.